The number of amidine groups is 1. The number of carbonyl (C=O) groups excluding carboxylic acids is 1. The van der Waals surface area contributed by atoms with Gasteiger partial charge in [-0.3, -0.25) is 9.80 Å². The molecule has 0 fully saturated rings. The molecule has 1 aliphatic heterocycles. The van der Waals surface area contributed by atoms with E-state index in [1.807, 2.05) is 0 Å². The van der Waals surface area contributed by atoms with Crippen LogP contribution in [0.4, 0.5) is 5.69 Å². The molecule has 0 aliphatic carbocycles. The topological polar surface area (TPSA) is 105 Å². The highest BCUT2D eigenvalue weighted by Gasteiger charge is 2.29. The predicted molar refractivity (Wildman–Crippen MR) is 76.0 cm³/mol. The zero-order chi connectivity index (χ0) is 14.9. The third kappa shape index (κ3) is 2.92. The number of anilines is 1. The summed E-state index contributed by atoms with van der Waals surface area (Å²) in [5.74, 6) is 5.81. The van der Waals surface area contributed by atoms with Gasteiger partial charge in [0.15, 0.2) is 0 Å². The Morgan fingerprint density at radius 1 is 1.50 bits per heavy atom. The van der Waals surface area contributed by atoms with E-state index in [2.05, 4.69) is 9.71 Å². The van der Waals surface area contributed by atoms with Crippen molar-refractivity contribution < 1.29 is 13.2 Å². The molecule has 0 aromatic heterocycles. The van der Waals surface area contributed by atoms with Crippen LogP contribution in [0.1, 0.15) is 13.3 Å². The minimum atomic E-state index is -3.83. The Kier molecular flexibility index (Phi) is 3.98. The van der Waals surface area contributed by atoms with Crippen LogP contribution >= 0.6 is 11.6 Å². The molecule has 0 unspecified atom stereocenters. The molecule has 0 atom stereocenters. The third-order valence-corrected chi connectivity index (χ3v) is 4.25. The van der Waals surface area contributed by atoms with Crippen LogP contribution in [0, 0.1) is 0 Å². The van der Waals surface area contributed by atoms with Gasteiger partial charge in [0.05, 0.1) is 5.69 Å². The molecule has 1 aromatic carbocycles. The quantitative estimate of drug-likeness (QED) is 0.796. The van der Waals surface area contributed by atoms with Gasteiger partial charge in [-0.05, 0) is 18.2 Å². The summed E-state index contributed by atoms with van der Waals surface area (Å²) in [6, 6.07) is 4.37. The zero-order valence-corrected chi connectivity index (χ0v) is 12.2. The van der Waals surface area contributed by atoms with E-state index in [1.165, 1.54) is 24.1 Å². The first-order valence-corrected chi connectivity index (χ1v) is 7.56. The number of rotatable bonds is 3. The molecule has 3 N–H and O–H groups in total. The van der Waals surface area contributed by atoms with Crippen molar-refractivity contribution in [2.75, 3.05) is 11.6 Å². The van der Waals surface area contributed by atoms with Gasteiger partial charge in [0.2, 0.25) is 5.91 Å². The molecule has 1 aromatic rings. The highest BCUT2D eigenvalue weighted by molar-refractivity contribution is 7.90. The lowest BCUT2D eigenvalue weighted by atomic mass is 10.3. The number of amides is 1. The number of hydrazine groups is 1. The van der Waals surface area contributed by atoms with Crippen LogP contribution in [0.25, 0.3) is 0 Å². The number of nitrogens with one attached hydrogen (secondary N) is 1. The molecular formula is C11H13ClN4O3S. The molecule has 0 radical (unpaired) electrons. The van der Waals surface area contributed by atoms with Crippen LogP contribution in [0.2, 0.25) is 5.02 Å². The molecule has 0 spiro atoms. The van der Waals surface area contributed by atoms with Crippen molar-refractivity contribution in [2.24, 2.45) is 10.2 Å². The first kappa shape index (κ1) is 14.8. The van der Waals surface area contributed by atoms with Gasteiger partial charge < -0.3 is 5.32 Å². The maximum Gasteiger partial charge on any atom is 0.286 e. The van der Waals surface area contributed by atoms with Gasteiger partial charge in [-0.2, -0.15) is 8.42 Å². The Bertz CT molecular complexity index is 687. The smallest absolute Gasteiger partial charge is 0.286 e. The fourth-order valence-electron chi connectivity index (χ4n) is 1.78. The summed E-state index contributed by atoms with van der Waals surface area (Å²) in [4.78, 5) is 10.8. The predicted octanol–water partition coefficient (Wildman–Crippen LogP) is 0.647. The van der Waals surface area contributed by atoms with Crippen molar-refractivity contribution in [1.29, 1.82) is 0 Å². The lowest BCUT2D eigenvalue weighted by molar-refractivity contribution is -0.118. The average molecular weight is 317 g/mol. The highest BCUT2D eigenvalue weighted by Crippen LogP contribution is 2.32. The maximum atomic E-state index is 12.1. The Morgan fingerprint density at radius 2 is 2.20 bits per heavy atom. The van der Waals surface area contributed by atoms with Crippen molar-refractivity contribution in [3.8, 4) is 0 Å². The summed E-state index contributed by atoms with van der Waals surface area (Å²) in [5, 5.41) is 4.03. The van der Waals surface area contributed by atoms with Crippen molar-refractivity contribution in [3.05, 3.63) is 23.2 Å². The van der Waals surface area contributed by atoms with Gasteiger partial charge in [-0.1, -0.05) is 11.6 Å². The first-order chi connectivity index (χ1) is 9.31. The normalized spacial score (nSPS) is 16.4. The number of halogens is 1. The fourth-order valence-corrected chi connectivity index (χ4v) is 3.28. The second-order valence-corrected chi connectivity index (χ2v) is 6.21. The molecule has 1 aliphatic rings. The minimum Gasteiger partial charge on any atom is -0.356 e. The average Bonchev–Trinajstić information content (AvgIpc) is 2.35. The molecule has 0 saturated heterocycles. The number of fused-ring (bicyclic) bond motifs is 1. The molecular weight excluding hydrogens is 304 g/mol. The molecule has 7 nitrogen and oxygen atoms in total. The lowest BCUT2D eigenvalue weighted by Gasteiger charge is -2.26. The van der Waals surface area contributed by atoms with Gasteiger partial charge in [-0.25, -0.2) is 5.84 Å². The summed E-state index contributed by atoms with van der Waals surface area (Å²) in [5.41, 5.74) is 0.308. The molecule has 108 valence electrons. The number of hydrogen-bond acceptors (Lipinski definition) is 5. The number of hydrogen-bond donors (Lipinski definition) is 2. The standard InChI is InChI=1S/C11H13ClN4O3S/c1-7(17)14-5-4-11-15-20(18,19)10-6-8(12)2-3-9(10)16(11)13/h2-3,6H,4-5,13H2,1H3,(H,14,17). The fraction of sp³-hybridized carbons (Fsp3) is 0.273. The van der Waals surface area contributed by atoms with Crippen molar-refractivity contribution in [2.45, 2.75) is 18.2 Å². The Labute approximate surface area is 121 Å². The van der Waals surface area contributed by atoms with E-state index >= 15 is 0 Å². The van der Waals surface area contributed by atoms with Gasteiger partial charge in [0.1, 0.15) is 10.7 Å². The number of carbonyl (C=O) groups is 1. The van der Waals surface area contributed by atoms with Crippen LogP contribution < -0.4 is 16.2 Å². The van der Waals surface area contributed by atoms with E-state index in [1.54, 1.807) is 6.07 Å². The highest BCUT2D eigenvalue weighted by atomic mass is 35.5. The molecule has 2 rings (SSSR count). The van der Waals surface area contributed by atoms with E-state index in [9.17, 15) is 13.2 Å². The van der Waals surface area contributed by atoms with E-state index in [0.29, 0.717) is 5.69 Å². The van der Waals surface area contributed by atoms with Gasteiger partial charge in [0.25, 0.3) is 10.0 Å². The molecule has 20 heavy (non-hydrogen) atoms. The van der Waals surface area contributed by atoms with Crippen LogP contribution in [0.5, 0.6) is 0 Å². The number of nitrogens with two attached hydrogens (primary N) is 1. The summed E-state index contributed by atoms with van der Waals surface area (Å²) < 4.78 is 27.8. The van der Waals surface area contributed by atoms with Crippen LogP contribution in [-0.2, 0) is 14.8 Å². The minimum absolute atomic E-state index is 0.0317. The SMILES string of the molecule is CC(=O)NCCC1=NS(=O)(=O)c2cc(Cl)ccc2N1N. The Morgan fingerprint density at radius 3 is 2.85 bits per heavy atom. The van der Waals surface area contributed by atoms with Gasteiger partial charge >= 0.3 is 0 Å². The summed E-state index contributed by atoms with van der Waals surface area (Å²) in [6.45, 7) is 1.62. The zero-order valence-electron chi connectivity index (χ0n) is 10.6. The third-order valence-electron chi connectivity index (χ3n) is 2.69. The molecule has 1 heterocycles. The van der Waals surface area contributed by atoms with Gasteiger partial charge in [0, 0.05) is 24.9 Å². The van der Waals surface area contributed by atoms with E-state index < -0.39 is 10.0 Å². The van der Waals surface area contributed by atoms with Crippen LogP contribution in [-0.4, -0.2) is 26.7 Å². The molecule has 0 saturated carbocycles. The number of sulfonamides is 1. The first-order valence-electron chi connectivity index (χ1n) is 5.74. The number of nitrogens with zero attached hydrogens (tertiary/aromatic N) is 2. The van der Waals surface area contributed by atoms with E-state index in [4.69, 9.17) is 17.4 Å². The maximum absolute atomic E-state index is 12.1. The lowest BCUT2D eigenvalue weighted by Crippen LogP contribution is -2.42. The molecule has 0 bridgehead atoms. The largest absolute Gasteiger partial charge is 0.356 e. The molecule has 1 amide bonds. The monoisotopic (exact) mass is 316 g/mol. The van der Waals surface area contributed by atoms with Crippen LogP contribution in [0.15, 0.2) is 27.5 Å². The summed E-state index contributed by atoms with van der Waals surface area (Å²) >= 11 is 5.79. The van der Waals surface area contributed by atoms with Crippen LogP contribution in [0.3, 0.4) is 0 Å². The Hall–Kier alpha value is -1.64. The molecule has 9 heteroatoms. The second kappa shape index (κ2) is 5.39. The summed E-state index contributed by atoms with van der Waals surface area (Å²) in [6.07, 6.45) is 0.206. The second-order valence-electron chi connectivity index (χ2n) is 4.20. The van der Waals surface area contributed by atoms with Crippen molar-refractivity contribution >= 4 is 39.1 Å². The Balaban J connectivity index is 2.33. The number of benzene rings is 1. The van der Waals surface area contributed by atoms with E-state index in [0.717, 1.165) is 0 Å². The van der Waals surface area contributed by atoms with Crippen molar-refractivity contribution in [3.63, 3.8) is 0 Å². The van der Waals surface area contributed by atoms with Crippen molar-refractivity contribution in [1.82, 2.24) is 5.32 Å². The van der Waals surface area contributed by atoms with Gasteiger partial charge in [-0.15, -0.1) is 4.40 Å². The summed E-state index contributed by atoms with van der Waals surface area (Å²) in [7, 11) is -3.83. The van der Waals surface area contributed by atoms with E-state index in [-0.39, 0.29) is 34.6 Å².